The van der Waals surface area contributed by atoms with E-state index in [1.165, 1.54) is 24.0 Å². The number of nitrogens with zero attached hydrogens (tertiary/aromatic N) is 1. The normalized spacial score (nSPS) is 20.8. The summed E-state index contributed by atoms with van der Waals surface area (Å²) >= 11 is 0. The summed E-state index contributed by atoms with van der Waals surface area (Å²) in [6, 6.07) is 4.26. The molecule has 0 spiro atoms. The average molecular weight is 299 g/mol. The second-order valence-corrected chi connectivity index (χ2v) is 6.85. The smallest absolute Gasteiger partial charge is 0.235 e. The van der Waals surface area contributed by atoms with Gasteiger partial charge in [0.15, 0.2) is 0 Å². The van der Waals surface area contributed by atoms with Crippen LogP contribution in [0.4, 0.5) is 0 Å². The van der Waals surface area contributed by atoms with Gasteiger partial charge in [-0.3, -0.25) is 0 Å². The molecule has 22 heavy (non-hydrogen) atoms. The summed E-state index contributed by atoms with van der Waals surface area (Å²) in [5.41, 5.74) is 3.12. The number of carbonyl (C=O) groups excluding carboxylic acids is 1. The molecule has 0 radical (unpaired) electrons. The molecule has 0 N–H and O–H groups in total. The van der Waals surface area contributed by atoms with E-state index in [1.54, 1.807) is 0 Å². The molecule has 1 aromatic rings. The van der Waals surface area contributed by atoms with Gasteiger partial charge in [0.05, 0.1) is 6.10 Å². The summed E-state index contributed by atoms with van der Waals surface area (Å²) < 4.78 is 6.41. The first-order valence-electron chi connectivity index (χ1n) is 8.53. The quantitative estimate of drug-likeness (QED) is 0.595. The highest BCUT2D eigenvalue weighted by atomic mass is 16.5. The summed E-state index contributed by atoms with van der Waals surface area (Å²) in [6.07, 6.45) is 11.0. The van der Waals surface area contributed by atoms with Crippen LogP contribution in [-0.2, 0) is 10.3 Å². The minimum atomic E-state index is -0.409. The molecule has 0 amide bonds. The maximum absolute atomic E-state index is 11.0. The SMILES string of the molecule is Cc1ccc(C2(N=C=O)CCCC2)c(OC2CCCC2)c1C. The Morgan fingerprint density at radius 2 is 1.82 bits per heavy atom. The molecule has 2 saturated carbocycles. The molecule has 1 aromatic carbocycles. The fourth-order valence-corrected chi connectivity index (χ4v) is 3.97. The molecule has 0 heterocycles. The van der Waals surface area contributed by atoms with E-state index in [0.717, 1.165) is 49.8 Å². The van der Waals surface area contributed by atoms with Gasteiger partial charge in [0.1, 0.15) is 11.3 Å². The molecule has 2 aliphatic rings. The van der Waals surface area contributed by atoms with Gasteiger partial charge < -0.3 is 4.74 Å². The molecule has 3 heteroatoms. The van der Waals surface area contributed by atoms with Crippen molar-refractivity contribution in [2.75, 3.05) is 0 Å². The molecule has 0 aromatic heterocycles. The van der Waals surface area contributed by atoms with E-state index >= 15 is 0 Å². The highest BCUT2D eigenvalue weighted by molar-refractivity contribution is 5.51. The predicted octanol–water partition coefficient (Wildman–Crippen LogP) is 4.73. The first kappa shape index (κ1) is 15.3. The Kier molecular flexibility index (Phi) is 4.35. The van der Waals surface area contributed by atoms with E-state index in [1.807, 2.05) is 6.08 Å². The molecule has 3 rings (SSSR count). The Labute approximate surface area is 132 Å². The Morgan fingerprint density at radius 3 is 2.45 bits per heavy atom. The van der Waals surface area contributed by atoms with Gasteiger partial charge in [-0.1, -0.05) is 25.0 Å². The van der Waals surface area contributed by atoms with Crippen LogP contribution in [0.5, 0.6) is 5.75 Å². The first-order valence-corrected chi connectivity index (χ1v) is 8.53. The van der Waals surface area contributed by atoms with Crippen LogP contribution in [0.1, 0.15) is 68.1 Å². The molecule has 0 bridgehead atoms. The van der Waals surface area contributed by atoms with Crippen LogP contribution in [-0.4, -0.2) is 12.2 Å². The van der Waals surface area contributed by atoms with Crippen LogP contribution in [0, 0.1) is 13.8 Å². The van der Waals surface area contributed by atoms with Gasteiger partial charge in [-0.05, 0) is 63.5 Å². The Balaban J connectivity index is 2.05. The monoisotopic (exact) mass is 299 g/mol. The molecular formula is C19H25NO2. The zero-order valence-electron chi connectivity index (χ0n) is 13.7. The van der Waals surface area contributed by atoms with Gasteiger partial charge >= 0.3 is 0 Å². The second-order valence-electron chi connectivity index (χ2n) is 6.85. The van der Waals surface area contributed by atoms with Crippen LogP contribution in [0.25, 0.3) is 0 Å². The lowest BCUT2D eigenvalue weighted by molar-refractivity contribution is 0.202. The van der Waals surface area contributed by atoms with Gasteiger partial charge in [0.2, 0.25) is 6.08 Å². The fourth-order valence-electron chi connectivity index (χ4n) is 3.97. The van der Waals surface area contributed by atoms with E-state index in [2.05, 4.69) is 31.0 Å². The van der Waals surface area contributed by atoms with Gasteiger partial charge in [-0.25, -0.2) is 4.79 Å². The fraction of sp³-hybridized carbons (Fsp3) is 0.632. The van der Waals surface area contributed by atoms with Gasteiger partial charge in [0, 0.05) is 5.56 Å². The third kappa shape index (κ3) is 2.70. The molecule has 0 atom stereocenters. The lowest BCUT2D eigenvalue weighted by atomic mass is 9.86. The van der Waals surface area contributed by atoms with E-state index in [9.17, 15) is 4.79 Å². The van der Waals surface area contributed by atoms with Crippen molar-refractivity contribution in [2.45, 2.75) is 76.9 Å². The van der Waals surface area contributed by atoms with E-state index in [4.69, 9.17) is 4.74 Å². The van der Waals surface area contributed by atoms with Crippen LogP contribution in [0.3, 0.4) is 0 Å². The van der Waals surface area contributed by atoms with Crippen molar-refractivity contribution in [3.8, 4) is 5.75 Å². The highest BCUT2D eigenvalue weighted by Gasteiger charge is 2.39. The van der Waals surface area contributed by atoms with Crippen molar-refractivity contribution in [3.05, 3.63) is 28.8 Å². The number of hydrogen-bond acceptors (Lipinski definition) is 3. The Bertz CT molecular complexity index is 590. The molecule has 3 nitrogen and oxygen atoms in total. The first-order chi connectivity index (χ1) is 10.7. The highest BCUT2D eigenvalue weighted by Crippen LogP contribution is 2.47. The molecular weight excluding hydrogens is 274 g/mol. The van der Waals surface area contributed by atoms with Gasteiger partial charge in [-0.2, -0.15) is 4.99 Å². The predicted molar refractivity (Wildman–Crippen MR) is 87.1 cm³/mol. The van der Waals surface area contributed by atoms with Crippen molar-refractivity contribution >= 4 is 6.08 Å². The lowest BCUT2D eigenvalue weighted by Gasteiger charge is -2.28. The van der Waals surface area contributed by atoms with Crippen LogP contribution >= 0.6 is 0 Å². The summed E-state index contributed by atoms with van der Waals surface area (Å²) in [5, 5.41) is 0. The number of ether oxygens (including phenoxy) is 1. The van der Waals surface area contributed by atoms with Gasteiger partial charge in [-0.15, -0.1) is 0 Å². The number of aliphatic imine (C=N–C) groups is 1. The number of benzene rings is 1. The van der Waals surface area contributed by atoms with E-state index in [0.29, 0.717) is 6.10 Å². The van der Waals surface area contributed by atoms with Crippen LogP contribution in [0.2, 0.25) is 0 Å². The largest absolute Gasteiger partial charge is 0.490 e. The summed E-state index contributed by atoms with van der Waals surface area (Å²) in [4.78, 5) is 15.3. The lowest BCUT2D eigenvalue weighted by Crippen LogP contribution is -2.23. The second kappa shape index (κ2) is 6.26. The van der Waals surface area contributed by atoms with Crippen molar-refractivity contribution < 1.29 is 9.53 Å². The summed E-state index contributed by atoms with van der Waals surface area (Å²) in [6.45, 7) is 4.24. The molecule has 0 unspecified atom stereocenters. The number of rotatable bonds is 4. The molecule has 118 valence electrons. The van der Waals surface area contributed by atoms with Crippen molar-refractivity contribution in [3.63, 3.8) is 0 Å². The third-order valence-electron chi connectivity index (χ3n) is 5.46. The molecule has 2 aliphatic carbocycles. The van der Waals surface area contributed by atoms with E-state index < -0.39 is 5.54 Å². The maximum atomic E-state index is 11.0. The van der Waals surface area contributed by atoms with Crippen molar-refractivity contribution in [1.29, 1.82) is 0 Å². The minimum Gasteiger partial charge on any atom is -0.490 e. The standard InChI is InChI=1S/C19H25NO2/c1-14-9-10-17(19(20-13-21)11-5-6-12-19)18(15(14)2)22-16-7-3-4-8-16/h9-10,16H,3-8,11-12H2,1-2H3. The number of hydrogen-bond donors (Lipinski definition) is 0. The Morgan fingerprint density at radius 1 is 1.14 bits per heavy atom. The van der Waals surface area contributed by atoms with Crippen molar-refractivity contribution in [1.82, 2.24) is 0 Å². The third-order valence-corrected chi connectivity index (χ3v) is 5.46. The average Bonchev–Trinajstić information content (AvgIpc) is 3.17. The molecule has 2 fully saturated rings. The minimum absolute atomic E-state index is 0.318. The van der Waals surface area contributed by atoms with Gasteiger partial charge in [0.25, 0.3) is 0 Å². The molecule has 0 saturated heterocycles. The topological polar surface area (TPSA) is 38.7 Å². The Hall–Kier alpha value is -1.60. The zero-order chi connectivity index (χ0) is 15.6. The van der Waals surface area contributed by atoms with Crippen LogP contribution in [0.15, 0.2) is 17.1 Å². The maximum Gasteiger partial charge on any atom is 0.235 e. The number of aryl methyl sites for hydroxylation is 1. The molecule has 0 aliphatic heterocycles. The van der Waals surface area contributed by atoms with Crippen molar-refractivity contribution in [2.24, 2.45) is 4.99 Å². The zero-order valence-corrected chi connectivity index (χ0v) is 13.7. The number of isocyanates is 1. The van der Waals surface area contributed by atoms with E-state index in [-0.39, 0.29) is 0 Å². The summed E-state index contributed by atoms with van der Waals surface area (Å²) in [7, 11) is 0. The summed E-state index contributed by atoms with van der Waals surface area (Å²) in [5.74, 6) is 0.979. The van der Waals surface area contributed by atoms with Crippen LogP contribution < -0.4 is 4.74 Å².